The SMILES string of the molecule is Cc1ccc(C(OS(=O)(=O)CCCN(CCOC23CC4(C)CC(C)(CC(Cn5ncc(-c6ccc(-c7ccc8cccc(C(=O)O)c8c7)nc6C(=O)OC(C)(C)C)c5C)(C4)C2)C3)C(=O)OC(C)(C)C)C(F)(F)F)cc1. The van der Waals surface area contributed by atoms with Gasteiger partial charge in [-0.15, -0.1) is 0 Å². The number of aromatic carboxylic acids is 1. The molecule has 2 heterocycles. The highest BCUT2D eigenvalue weighted by Crippen LogP contribution is 2.72. The molecule has 3 aromatic carbocycles. The largest absolute Gasteiger partial charge is 0.478 e. The number of rotatable bonds is 17. The Morgan fingerprint density at radius 1 is 0.813 bits per heavy atom. The van der Waals surface area contributed by atoms with Crippen molar-refractivity contribution in [1.29, 1.82) is 0 Å². The maximum atomic E-state index is 14.1. The second-order valence-electron chi connectivity index (χ2n) is 24.2. The lowest BCUT2D eigenvalue weighted by atomic mass is 9.39. The van der Waals surface area contributed by atoms with E-state index in [0.29, 0.717) is 39.9 Å². The number of carboxylic acid groups (broad SMARTS) is 1. The van der Waals surface area contributed by atoms with Crippen molar-refractivity contribution < 1.29 is 59.5 Å². The number of carbonyl (C=O) groups is 3. The molecule has 18 heteroatoms. The molecule has 4 saturated carbocycles. The topological polar surface area (TPSA) is 176 Å². The van der Waals surface area contributed by atoms with E-state index in [9.17, 15) is 41.1 Å². The lowest BCUT2D eigenvalue weighted by Crippen LogP contribution is -2.64. The first kappa shape index (κ1) is 55.4. The third-order valence-corrected chi connectivity index (χ3v) is 15.9. The zero-order valence-corrected chi connectivity index (χ0v) is 45.3. The van der Waals surface area contributed by atoms with Crippen LogP contribution in [0.15, 0.2) is 79.0 Å². The van der Waals surface area contributed by atoms with Gasteiger partial charge in [0.25, 0.3) is 10.1 Å². The molecule has 1 N–H and O–H groups in total. The van der Waals surface area contributed by atoms with Gasteiger partial charge in [-0.25, -0.2) is 19.4 Å². The minimum absolute atomic E-state index is 0.0468. The maximum Gasteiger partial charge on any atom is 0.420 e. The van der Waals surface area contributed by atoms with E-state index >= 15 is 0 Å². The normalized spacial score (nSPS) is 23.1. The number of aromatic nitrogens is 3. The van der Waals surface area contributed by atoms with Crippen LogP contribution in [0.25, 0.3) is 33.2 Å². The van der Waals surface area contributed by atoms with E-state index in [1.807, 2.05) is 41.9 Å². The Labute approximate surface area is 437 Å². The summed E-state index contributed by atoms with van der Waals surface area (Å²) in [5.41, 5.74) is 1.16. The molecule has 404 valence electrons. The second-order valence-corrected chi connectivity index (χ2v) is 25.9. The molecule has 4 bridgehead atoms. The number of ether oxygens (including phenoxy) is 3. The van der Waals surface area contributed by atoms with Crippen LogP contribution in [0, 0.1) is 30.1 Å². The summed E-state index contributed by atoms with van der Waals surface area (Å²) < 4.78 is 93.9. The molecule has 2 aromatic heterocycles. The Morgan fingerprint density at radius 3 is 2.11 bits per heavy atom. The molecule has 75 heavy (non-hydrogen) atoms. The van der Waals surface area contributed by atoms with Crippen LogP contribution < -0.4 is 0 Å². The summed E-state index contributed by atoms with van der Waals surface area (Å²) in [5, 5.41) is 16.2. The molecule has 4 fully saturated rings. The average molecular weight is 1060 g/mol. The van der Waals surface area contributed by atoms with Gasteiger partial charge in [-0.1, -0.05) is 67.9 Å². The van der Waals surface area contributed by atoms with E-state index in [2.05, 4.69) is 13.8 Å². The number of hydrogen-bond acceptors (Lipinski definition) is 11. The number of fused-ring (bicyclic) bond motifs is 1. The molecule has 0 radical (unpaired) electrons. The van der Waals surface area contributed by atoms with Gasteiger partial charge in [-0.3, -0.25) is 8.86 Å². The van der Waals surface area contributed by atoms with Crippen LogP contribution in [0.4, 0.5) is 18.0 Å². The third kappa shape index (κ3) is 12.7. The first-order valence-electron chi connectivity index (χ1n) is 25.5. The molecular formula is C57H69F3N4O10S. The fourth-order valence-corrected chi connectivity index (χ4v) is 14.0. The lowest BCUT2D eigenvalue weighted by Gasteiger charge is -2.69. The smallest absolute Gasteiger partial charge is 0.420 e. The zero-order valence-electron chi connectivity index (χ0n) is 44.5. The molecule has 3 unspecified atom stereocenters. The Balaban J connectivity index is 1.01. The summed E-state index contributed by atoms with van der Waals surface area (Å²) in [6.45, 7) is 19.4. The van der Waals surface area contributed by atoms with Crippen molar-refractivity contribution in [3.8, 4) is 22.4 Å². The van der Waals surface area contributed by atoms with Gasteiger partial charge in [0.2, 0.25) is 0 Å². The number of aryl methyl sites for hydroxylation is 1. The van der Waals surface area contributed by atoms with Crippen LogP contribution in [0.5, 0.6) is 0 Å². The van der Waals surface area contributed by atoms with Crippen molar-refractivity contribution in [2.24, 2.45) is 16.2 Å². The number of halogens is 3. The van der Waals surface area contributed by atoms with Gasteiger partial charge < -0.3 is 24.2 Å². The van der Waals surface area contributed by atoms with Crippen LogP contribution in [-0.2, 0) is 35.1 Å². The van der Waals surface area contributed by atoms with E-state index in [1.165, 1.54) is 29.2 Å². The summed E-state index contributed by atoms with van der Waals surface area (Å²) >= 11 is 0. The average Bonchev–Trinajstić information content (AvgIpc) is 3.62. The van der Waals surface area contributed by atoms with Crippen LogP contribution in [0.3, 0.4) is 0 Å². The summed E-state index contributed by atoms with van der Waals surface area (Å²) in [6, 6.07) is 19.5. The third-order valence-electron chi connectivity index (χ3n) is 14.6. The van der Waals surface area contributed by atoms with Crippen molar-refractivity contribution in [1.82, 2.24) is 19.7 Å². The van der Waals surface area contributed by atoms with Gasteiger partial charge in [-0.2, -0.15) is 26.7 Å². The number of alkyl halides is 3. The predicted molar refractivity (Wildman–Crippen MR) is 278 cm³/mol. The first-order valence-corrected chi connectivity index (χ1v) is 27.0. The number of carboxylic acids is 1. The number of esters is 1. The van der Waals surface area contributed by atoms with Crippen molar-refractivity contribution in [2.75, 3.05) is 25.4 Å². The molecule has 5 aromatic rings. The monoisotopic (exact) mass is 1060 g/mol. The fraction of sp³-hybridized carbons (Fsp3) is 0.526. The summed E-state index contributed by atoms with van der Waals surface area (Å²) in [4.78, 5) is 46.0. The van der Waals surface area contributed by atoms with Crippen LogP contribution in [0.1, 0.15) is 144 Å². The second kappa shape index (κ2) is 19.9. The van der Waals surface area contributed by atoms with Crippen LogP contribution in [0.2, 0.25) is 0 Å². The predicted octanol–water partition coefficient (Wildman–Crippen LogP) is 12.4. The standard InChI is InChI=1S/C57H69F3N4O10S/c1-36-15-17-39(18-16-36)47(57(58,59)60)74-75(69,70)26-12-23-63(50(68)73-52(6,7)8)24-25-71-56-32-53(9)29-54(10,33-56)31-55(30-53,34-56)35-64-37(2)44(28-61-64)41-21-22-45(62-46(41)49(67)72-51(3,4)5)40-20-19-38-13-11-14-42(48(65)66)43(38)27-40/h11,13-22,27-28,47H,12,23-26,29-35H2,1-10H3,(H,65,66). The van der Waals surface area contributed by atoms with Gasteiger partial charge in [0.1, 0.15) is 11.2 Å². The molecule has 14 nitrogen and oxygen atoms in total. The number of amides is 1. The Hall–Kier alpha value is -5.85. The van der Waals surface area contributed by atoms with Crippen molar-refractivity contribution >= 4 is 38.9 Å². The molecule has 0 saturated heterocycles. The molecule has 9 rings (SSSR count). The van der Waals surface area contributed by atoms with Gasteiger partial charge in [0.05, 0.1) is 35.4 Å². The first-order chi connectivity index (χ1) is 34.8. The van der Waals surface area contributed by atoms with Crippen molar-refractivity contribution in [2.45, 2.75) is 150 Å². The van der Waals surface area contributed by atoms with Gasteiger partial charge in [0.15, 0.2) is 11.8 Å². The van der Waals surface area contributed by atoms with Gasteiger partial charge in [-0.05, 0) is 157 Å². The minimum Gasteiger partial charge on any atom is -0.478 e. The quantitative estimate of drug-likeness (QED) is 0.0690. The van der Waals surface area contributed by atoms with Crippen LogP contribution >= 0.6 is 0 Å². The fourth-order valence-electron chi connectivity index (χ4n) is 12.9. The van der Waals surface area contributed by atoms with Crippen molar-refractivity contribution in [3.05, 3.63) is 107 Å². The molecule has 1 amide bonds. The van der Waals surface area contributed by atoms with E-state index in [0.717, 1.165) is 49.6 Å². The molecule has 4 aliphatic carbocycles. The minimum atomic E-state index is -5.00. The van der Waals surface area contributed by atoms with E-state index in [1.54, 1.807) is 72.9 Å². The summed E-state index contributed by atoms with van der Waals surface area (Å²) in [7, 11) is -4.70. The Bertz CT molecular complexity index is 3090. The molecule has 3 atom stereocenters. The molecule has 0 aliphatic heterocycles. The molecule has 0 spiro atoms. The zero-order chi connectivity index (χ0) is 54.7. The highest BCUT2D eigenvalue weighted by atomic mass is 32.2. The molecule has 4 aliphatic rings. The van der Waals surface area contributed by atoms with Crippen LogP contribution in [-0.4, -0.2) is 99.6 Å². The highest BCUT2D eigenvalue weighted by molar-refractivity contribution is 7.86. The number of hydrogen-bond donors (Lipinski definition) is 1. The number of pyridine rings is 1. The van der Waals surface area contributed by atoms with E-state index in [-0.39, 0.29) is 59.2 Å². The summed E-state index contributed by atoms with van der Waals surface area (Å²) in [6.07, 6.45) is -1.63. The number of carbonyl (C=O) groups excluding carboxylic acids is 2. The number of benzene rings is 3. The number of nitrogens with zero attached hydrogens (tertiary/aromatic N) is 4. The van der Waals surface area contributed by atoms with E-state index < -0.39 is 63.0 Å². The lowest BCUT2D eigenvalue weighted by molar-refractivity contribution is -0.248. The Morgan fingerprint density at radius 2 is 1.48 bits per heavy atom. The highest BCUT2D eigenvalue weighted by Gasteiger charge is 2.66. The maximum absolute atomic E-state index is 14.1. The van der Waals surface area contributed by atoms with E-state index in [4.69, 9.17) is 28.5 Å². The molecular weight excluding hydrogens is 990 g/mol. The van der Waals surface area contributed by atoms with Gasteiger partial charge in [0, 0.05) is 42.0 Å². The summed E-state index contributed by atoms with van der Waals surface area (Å²) in [5.74, 6) is -2.43. The van der Waals surface area contributed by atoms with Crippen molar-refractivity contribution in [3.63, 3.8) is 0 Å². The van der Waals surface area contributed by atoms with Gasteiger partial charge >= 0.3 is 24.2 Å². The Kier molecular flexibility index (Phi) is 14.7.